The van der Waals surface area contributed by atoms with E-state index in [4.69, 9.17) is 0 Å². The van der Waals surface area contributed by atoms with Crippen LogP contribution < -0.4 is 15.5 Å². The Kier molecular flexibility index (Phi) is 4.99. The summed E-state index contributed by atoms with van der Waals surface area (Å²) in [6.07, 6.45) is 3.77. The molecule has 2 aromatic heterocycles. The minimum absolute atomic E-state index is 0.106. The van der Waals surface area contributed by atoms with Crippen LogP contribution in [-0.4, -0.2) is 52.9 Å². The molecule has 1 aliphatic heterocycles. The molecule has 2 N–H and O–H groups in total. The molecule has 0 unspecified atom stereocenters. The largest absolute Gasteiger partial charge is 0.371 e. The van der Waals surface area contributed by atoms with Crippen molar-refractivity contribution in [2.24, 2.45) is 7.05 Å². The number of amides is 1. The summed E-state index contributed by atoms with van der Waals surface area (Å²) in [4.78, 5) is 19.4. The van der Waals surface area contributed by atoms with E-state index in [2.05, 4.69) is 39.5 Å². The predicted molar refractivity (Wildman–Crippen MR) is 95.4 cm³/mol. The van der Waals surface area contributed by atoms with Crippen molar-refractivity contribution < 1.29 is 4.79 Å². The van der Waals surface area contributed by atoms with Gasteiger partial charge in [0.25, 0.3) is 5.91 Å². The molecule has 3 rings (SSSR count). The van der Waals surface area contributed by atoms with Gasteiger partial charge in [-0.15, -0.1) is 0 Å². The summed E-state index contributed by atoms with van der Waals surface area (Å²) in [6, 6.07) is 2.24. The highest BCUT2D eigenvalue weighted by atomic mass is 16.2. The van der Waals surface area contributed by atoms with E-state index in [1.807, 2.05) is 19.3 Å². The van der Waals surface area contributed by atoms with Gasteiger partial charge in [-0.25, -0.2) is 9.67 Å². The average molecular weight is 330 g/mol. The highest BCUT2D eigenvalue weighted by molar-refractivity contribution is 6.04. The summed E-state index contributed by atoms with van der Waals surface area (Å²) < 4.78 is 1.68. The van der Waals surface area contributed by atoms with Crippen LogP contribution in [0.25, 0.3) is 11.0 Å². The van der Waals surface area contributed by atoms with Gasteiger partial charge in [-0.3, -0.25) is 4.79 Å². The van der Waals surface area contributed by atoms with Crippen molar-refractivity contribution in [3.05, 3.63) is 18.0 Å². The quantitative estimate of drug-likeness (QED) is 0.864. The van der Waals surface area contributed by atoms with Gasteiger partial charge in [0.15, 0.2) is 11.3 Å². The third-order valence-corrected chi connectivity index (χ3v) is 4.68. The topological polar surface area (TPSA) is 75.1 Å². The van der Waals surface area contributed by atoms with Gasteiger partial charge in [0, 0.05) is 26.2 Å². The average Bonchev–Trinajstić information content (AvgIpc) is 2.93. The van der Waals surface area contributed by atoms with Gasteiger partial charge in [-0.1, -0.05) is 0 Å². The van der Waals surface area contributed by atoms with E-state index in [0.717, 1.165) is 55.7 Å². The maximum absolute atomic E-state index is 12.7. The molecule has 7 nitrogen and oxygen atoms in total. The van der Waals surface area contributed by atoms with Crippen molar-refractivity contribution in [2.75, 3.05) is 31.1 Å². The van der Waals surface area contributed by atoms with Crippen LogP contribution in [0.5, 0.6) is 0 Å². The summed E-state index contributed by atoms with van der Waals surface area (Å²) in [6.45, 7) is 7.92. The van der Waals surface area contributed by atoms with E-state index in [1.165, 1.54) is 0 Å². The minimum Gasteiger partial charge on any atom is -0.371 e. The fourth-order valence-electron chi connectivity index (χ4n) is 3.28. The summed E-state index contributed by atoms with van der Waals surface area (Å²) in [5.41, 5.74) is 2.23. The highest BCUT2D eigenvalue weighted by Gasteiger charge is 2.22. The fourth-order valence-corrected chi connectivity index (χ4v) is 3.28. The molecule has 0 atom stereocenters. The van der Waals surface area contributed by atoms with Gasteiger partial charge in [-0.05, 0) is 45.8 Å². The van der Waals surface area contributed by atoms with E-state index in [1.54, 1.807) is 4.68 Å². The van der Waals surface area contributed by atoms with Gasteiger partial charge < -0.3 is 15.5 Å². The fraction of sp³-hybridized carbons (Fsp3) is 0.588. The second kappa shape index (κ2) is 7.17. The number of aromatic nitrogens is 3. The molecule has 0 spiro atoms. The number of carbonyl (C=O) groups excluding carboxylic acids is 1. The number of nitrogens with one attached hydrogen (secondary N) is 2. The molecule has 1 amide bonds. The summed E-state index contributed by atoms with van der Waals surface area (Å²) >= 11 is 0. The van der Waals surface area contributed by atoms with Crippen LogP contribution in [0.3, 0.4) is 0 Å². The van der Waals surface area contributed by atoms with E-state index < -0.39 is 0 Å². The molecule has 0 aromatic carbocycles. The number of pyridine rings is 1. The van der Waals surface area contributed by atoms with Crippen LogP contribution in [0.4, 0.5) is 5.69 Å². The number of hydrogen-bond donors (Lipinski definition) is 2. The second-order valence-corrected chi connectivity index (χ2v) is 6.21. The number of rotatable bonds is 5. The van der Waals surface area contributed by atoms with Crippen molar-refractivity contribution in [1.29, 1.82) is 0 Å². The summed E-state index contributed by atoms with van der Waals surface area (Å²) in [5.74, 6) is -0.106. The molecule has 1 fully saturated rings. The Hall–Kier alpha value is -2.15. The standard InChI is InChI=1S/C17H26N6O/c1-4-23(5-2)13-10-14-15(21-22(3)16(14)19-11-13)17(24)20-12-6-8-18-9-7-12/h10-12,18H,4-9H2,1-3H3,(H,20,24). The zero-order chi connectivity index (χ0) is 17.1. The lowest BCUT2D eigenvalue weighted by molar-refractivity contribution is 0.0925. The molecule has 130 valence electrons. The minimum atomic E-state index is -0.106. The molecular weight excluding hydrogens is 304 g/mol. The Morgan fingerprint density at radius 2 is 2.08 bits per heavy atom. The van der Waals surface area contributed by atoms with Gasteiger partial charge >= 0.3 is 0 Å². The molecule has 0 bridgehead atoms. The van der Waals surface area contributed by atoms with Crippen LogP contribution in [-0.2, 0) is 7.05 Å². The molecule has 1 saturated heterocycles. The van der Waals surface area contributed by atoms with Gasteiger partial charge in [0.05, 0.1) is 17.3 Å². The molecule has 0 saturated carbocycles. The smallest absolute Gasteiger partial charge is 0.272 e. The number of carbonyl (C=O) groups is 1. The maximum Gasteiger partial charge on any atom is 0.272 e. The van der Waals surface area contributed by atoms with E-state index >= 15 is 0 Å². The highest BCUT2D eigenvalue weighted by Crippen LogP contribution is 2.23. The Bertz CT molecular complexity index is 715. The summed E-state index contributed by atoms with van der Waals surface area (Å²) in [5, 5.41) is 11.7. The van der Waals surface area contributed by atoms with E-state index in [-0.39, 0.29) is 11.9 Å². The molecule has 0 radical (unpaired) electrons. The number of fused-ring (bicyclic) bond motifs is 1. The van der Waals surface area contributed by atoms with Crippen molar-refractivity contribution in [3.8, 4) is 0 Å². The van der Waals surface area contributed by atoms with Crippen molar-refractivity contribution in [1.82, 2.24) is 25.4 Å². The molecular formula is C17H26N6O. The number of hydrogen-bond acceptors (Lipinski definition) is 5. The summed E-state index contributed by atoms with van der Waals surface area (Å²) in [7, 11) is 1.83. The van der Waals surface area contributed by atoms with Crippen LogP contribution in [0.2, 0.25) is 0 Å². The lowest BCUT2D eigenvalue weighted by Crippen LogP contribution is -2.42. The van der Waals surface area contributed by atoms with Crippen molar-refractivity contribution in [2.45, 2.75) is 32.7 Å². The maximum atomic E-state index is 12.7. The SMILES string of the molecule is CCN(CC)c1cnc2c(c1)c(C(=O)NC1CCNCC1)nn2C. The first kappa shape index (κ1) is 16.7. The zero-order valence-electron chi connectivity index (χ0n) is 14.7. The number of piperidine rings is 1. The number of nitrogens with zero attached hydrogens (tertiary/aromatic N) is 4. The third-order valence-electron chi connectivity index (χ3n) is 4.68. The van der Waals surface area contributed by atoms with Crippen LogP contribution in [0.15, 0.2) is 12.3 Å². The molecule has 7 heteroatoms. The molecule has 24 heavy (non-hydrogen) atoms. The Balaban J connectivity index is 1.91. The third kappa shape index (κ3) is 3.21. The van der Waals surface area contributed by atoms with Crippen LogP contribution >= 0.6 is 0 Å². The normalized spacial score (nSPS) is 15.6. The Morgan fingerprint density at radius 3 is 2.75 bits per heavy atom. The second-order valence-electron chi connectivity index (χ2n) is 6.21. The molecule has 3 heterocycles. The number of anilines is 1. The lowest BCUT2D eigenvalue weighted by Gasteiger charge is -2.23. The van der Waals surface area contributed by atoms with Gasteiger partial charge in [0.2, 0.25) is 0 Å². The first-order chi connectivity index (χ1) is 11.6. The van der Waals surface area contributed by atoms with E-state index in [0.29, 0.717) is 5.69 Å². The monoisotopic (exact) mass is 330 g/mol. The number of aryl methyl sites for hydroxylation is 1. The van der Waals surface area contributed by atoms with Gasteiger partial charge in [0.1, 0.15) is 0 Å². The Labute approximate surface area is 142 Å². The van der Waals surface area contributed by atoms with Crippen LogP contribution in [0.1, 0.15) is 37.2 Å². The Morgan fingerprint density at radius 1 is 1.38 bits per heavy atom. The van der Waals surface area contributed by atoms with E-state index in [9.17, 15) is 4.79 Å². The predicted octanol–water partition coefficient (Wildman–Crippen LogP) is 1.30. The molecule has 1 aliphatic rings. The first-order valence-corrected chi connectivity index (χ1v) is 8.73. The van der Waals surface area contributed by atoms with Crippen molar-refractivity contribution in [3.63, 3.8) is 0 Å². The van der Waals surface area contributed by atoms with Crippen molar-refractivity contribution >= 4 is 22.6 Å². The van der Waals surface area contributed by atoms with Gasteiger partial charge in [-0.2, -0.15) is 5.10 Å². The molecule has 0 aliphatic carbocycles. The zero-order valence-corrected chi connectivity index (χ0v) is 14.7. The first-order valence-electron chi connectivity index (χ1n) is 8.73. The lowest BCUT2D eigenvalue weighted by atomic mass is 10.1. The van der Waals surface area contributed by atoms with Crippen LogP contribution in [0, 0.1) is 0 Å². The molecule has 2 aromatic rings.